The fourth-order valence-electron chi connectivity index (χ4n) is 2.85. The number of hydrogen-bond donors (Lipinski definition) is 3. The third-order valence-electron chi connectivity index (χ3n) is 4.27. The molecule has 24 heavy (non-hydrogen) atoms. The van der Waals surface area contributed by atoms with E-state index in [9.17, 15) is 9.59 Å². The van der Waals surface area contributed by atoms with E-state index in [2.05, 4.69) is 22.5 Å². The lowest BCUT2D eigenvalue weighted by atomic mass is 9.78. The number of hydrogen-bond acceptors (Lipinski definition) is 4. The quantitative estimate of drug-likeness (QED) is 0.663. The summed E-state index contributed by atoms with van der Waals surface area (Å²) in [7, 11) is 1.62. The number of ether oxygens (including phenoxy) is 1. The van der Waals surface area contributed by atoms with Gasteiger partial charge in [-0.25, -0.2) is 0 Å². The first kappa shape index (κ1) is 18.2. The van der Waals surface area contributed by atoms with Crippen LogP contribution in [0.4, 0.5) is 5.69 Å². The lowest BCUT2D eigenvalue weighted by Crippen LogP contribution is -2.47. The smallest absolute Gasteiger partial charge is 0.251 e. The van der Waals surface area contributed by atoms with Gasteiger partial charge < -0.3 is 20.7 Å². The van der Waals surface area contributed by atoms with Gasteiger partial charge >= 0.3 is 0 Å². The highest BCUT2D eigenvalue weighted by Crippen LogP contribution is 2.30. The van der Waals surface area contributed by atoms with Gasteiger partial charge in [0.25, 0.3) is 5.91 Å². The summed E-state index contributed by atoms with van der Waals surface area (Å²) >= 11 is 0. The van der Waals surface area contributed by atoms with Crippen LogP contribution in [0.2, 0.25) is 0 Å². The second-order valence-corrected chi connectivity index (χ2v) is 5.99. The first-order valence-corrected chi connectivity index (χ1v) is 8.11. The number of methoxy groups -OCH3 is 1. The van der Waals surface area contributed by atoms with E-state index in [-0.39, 0.29) is 11.8 Å². The van der Waals surface area contributed by atoms with Crippen molar-refractivity contribution in [1.82, 2.24) is 10.6 Å². The van der Waals surface area contributed by atoms with E-state index < -0.39 is 5.41 Å². The van der Waals surface area contributed by atoms with E-state index in [4.69, 9.17) is 4.74 Å². The fraction of sp³-hybridized carbons (Fsp3) is 0.444. The van der Waals surface area contributed by atoms with E-state index >= 15 is 0 Å². The molecule has 2 rings (SSSR count). The maximum absolute atomic E-state index is 12.7. The molecule has 1 aromatic carbocycles. The van der Waals surface area contributed by atoms with Gasteiger partial charge in [0.1, 0.15) is 0 Å². The summed E-state index contributed by atoms with van der Waals surface area (Å²) in [4.78, 5) is 24.6. The van der Waals surface area contributed by atoms with Crippen molar-refractivity contribution in [3.05, 3.63) is 42.5 Å². The van der Waals surface area contributed by atoms with Crippen LogP contribution in [0.5, 0.6) is 0 Å². The average Bonchev–Trinajstić information content (AvgIpc) is 2.61. The number of piperidine rings is 1. The SMILES string of the molecule is C=CCNC(=O)c1ccc(NC(=O)C2(COC)CCNCC2)cc1. The number of carbonyl (C=O) groups is 2. The van der Waals surface area contributed by atoms with Crippen molar-refractivity contribution >= 4 is 17.5 Å². The first-order valence-electron chi connectivity index (χ1n) is 8.11. The predicted molar refractivity (Wildman–Crippen MR) is 94.0 cm³/mol. The van der Waals surface area contributed by atoms with Gasteiger partial charge in [-0.2, -0.15) is 0 Å². The third kappa shape index (κ3) is 4.43. The van der Waals surface area contributed by atoms with Crippen LogP contribution in [0.1, 0.15) is 23.2 Å². The molecule has 1 heterocycles. The van der Waals surface area contributed by atoms with Crippen LogP contribution in [-0.4, -0.2) is 45.2 Å². The molecule has 0 radical (unpaired) electrons. The number of nitrogens with one attached hydrogen (secondary N) is 3. The molecule has 0 saturated carbocycles. The number of carbonyl (C=O) groups excluding carboxylic acids is 2. The molecule has 1 saturated heterocycles. The molecule has 0 spiro atoms. The molecule has 1 aromatic rings. The predicted octanol–water partition coefficient (Wildman–Crippen LogP) is 1.56. The van der Waals surface area contributed by atoms with Crippen molar-refractivity contribution in [2.75, 3.05) is 38.7 Å². The summed E-state index contributed by atoms with van der Waals surface area (Å²) in [6.45, 7) is 6.00. The lowest BCUT2D eigenvalue weighted by Gasteiger charge is -2.35. The number of benzene rings is 1. The molecule has 2 amide bonds. The largest absolute Gasteiger partial charge is 0.384 e. The van der Waals surface area contributed by atoms with Crippen LogP contribution in [0, 0.1) is 5.41 Å². The van der Waals surface area contributed by atoms with Gasteiger partial charge in [0.05, 0.1) is 12.0 Å². The summed E-state index contributed by atoms with van der Waals surface area (Å²) in [5.74, 6) is -0.198. The lowest BCUT2D eigenvalue weighted by molar-refractivity contribution is -0.130. The van der Waals surface area contributed by atoms with Crippen LogP contribution in [0.3, 0.4) is 0 Å². The van der Waals surface area contributed by atoms with Gasteiger partial charge in [-0.05, 0) is 50.2 Å². The zero-order valence-electron chi connectivity index (χ0n) is 14.1. The summed E-state index contributed by atoms with van der Waals surface area (Å²) in [6.07, 6.45) is 3.12. The minimum atomic E-state index is -0.500. The van der Waals surface area contributed by atoms with Gasteiger partial charge in [0.2, 0.25) is 5.91 Å². The zero-order valence-corrected chi connectivity index (χ0v) is 14.1. The second-order valence-electron chi connectivity index (χ2n) is 5.99. The Morgan fingerprint density at radius 1 is 1.29 bits per heavy atom. The Labute approximate surface area is 142 Å². The first-order chi connectivity index (χ1) is 11.6. The van der Waals surface area contributed by atoms with Crippen molar-refractivity contribution in [3.8, 4) is 0 Å². The molecule has 0 aromatic heterocycles. The molecule has 0 atom stereocenters. The molecular formula is C18H25N3O3. The molecule has 1 aliphatic rings. The number of rotatable bonds is 7. The monoisotopic (exact) mass is 331 g/mol. The standard InChI is InChI=1S/C18H25N3O3/c1-3-10-20-16(22)14-4-6-15(7-5-14)21-17(23)18(13-24-2)8-11-19-12-9-18/h3-7,19H,1,8-13H2,2H3,(H,20,22)(H,21,23). The van der Waals surface area contributed by atoms with E-state index in [0.717, 1.165) is 25.9 Å². The topological polar surface area (TPSA) is 79.5 Å². The molecule has 6 nitrogen and oxygen atoms in total. The molecule has 1 fully saturated rings. The Morgan fingerprint density at radius 2 is 1.96 bits per heavy atom. The molecule has 0 bridgehead atoms. The molecule has 6 heteroatoms. The van der Waals surface area contributed by atoms with Crippen LogP contribution in [0.15, 0.2) is 36.9 Å². The van der Waals surface area contributed by atoms with Gasteiger partial charge in [0, 0.05) is 24.9 Å². The van der Waals surface area contributed by atoms with E-state index in [1.54, 1.807) is 37.5 Å². The number of anilines is 1. The van der Waals surface area contributed by atoms with Crippen molar-refractivity contribution in [2.45, 2.75) is 12.8 Å². The third-order valence-corrected chi connectivity index (χ3v) is 4.27. The highest BCUT2D eigenvalue weighted by molar-refractivity contribution is 5.97. The van der Waals surface area contributed by atoms with Gasteiger partial charge in [-0.1, -0.05) is 6.08 Å². The van der Waals surface area contributed by atoms with Crippen LogP contribution in [-0.2, 0) is 9.53 Å². The molecular weight excluding hydrogens is 306 g/mol. The fourth-order valence-corrected chi connectivity index (χ4v) is 2.85. The molecule has 0 aliphatic carbocycles. The highest BCUT2D eigenvalue weighted by atomic mass is 16.5. The zero-order chi connectivity index (χ0) is 17.4. The Morgan fingerprint density at radius 3 is 2.54 bits per heavy atom. The maximum atomic E-state index is 12.7. The summed E-state index contributed by atoms with van der Waals surface area (Å²) < 4.78 is 5.28. The molecule has 0 unspecified atom stereocenters. The van der Waals surface area contributed by atoms with Gasteiger partial charge in [-0.15, -0.1) is 6.58 Å². The Bertz CT molecular complexity index is 572. The molecule has 1 aliphatic heterocycles. The minimum absolute atomic E-state index is 0.0327. The average molecular weight is 331 g/mol. The minimum Gasteiger partial charge on any atom is -0.384 e. The van der Waals surface area contributed by atoms with E-state index in [1.807, 2.05) is 0 Å². The number of amides is 2. The highest BCUT2D eigenvalue weighted by Gasteiger charge is 2.39. The molecule has 130 valence electrons. The summed E-state index contributed by atoms with van der Waals surface area (Å²) in [6, 6.07) is 6.86. The van der Waals surface area contributed by atoms with Crippen molar-refractivity contribution < 1.29 is 14.3 Å². The summed E-state index contributed by atoms with van der Waals surface area (Å²) in [5.41, 5.74) is 0.720. The second kappa shape index (κ2) is 8.61. The van der Waals surface area contributed by atoms with E-state index in [1.165, 1.54) is 0 Å². The van der Waals surface area contributed by atoms with Crippen LogP contribution >= 0.6 is 0 Å². The van der Waals surface area contributed by atoms with Crippen molar-refractivity contribution in [2.24, 2.45) is 5.41 Å². The van der Waals surface area contributed by atoms with Gasteiger partial charge in [-0.3, -0.25) is 9.59 Å². The Kier molecular flexibility index (Phi) is 6.52. The summed E-state index contributed by atoms with van der Waals surface area (Å²) in [5, 5.41) is 8.93. The van der Waals surface area contributed by atoms with Crippen LogP contribution < -0.4 is 16.0 Å². The van der Waals surface area contributed by atoms with Crippen molar-refractivity contribution in [3.63, 3.8) is 0 Å². The Hall–Kier alpha value is -2.18. The van der Waals surface area contributed by atoms with E-state index in [0.29, 0.717) is 24.4 Å². The Balaban J connectivity index is 2.02. The maximum Gasteiger partial charge on any atom is 0.251 e. The van der Waals surface area contributed by atoms with Crippen LogP contribution in [0.25, 0.3) is 0 Å². The molecule has 3 N–H and O–H groups in total. The van der Waals surface area contributed by atoms with Gasteiger partial charge in [0.15, 0.2) is 0 Å². The van der Waals surface area contributed by atoms with Crippen molar-refractivity contribution in [1.29, 1.82) is 0 Å². The normalized spacial score (nSPS) is 16.2.